The van der Waals surface area contributed by atoms with Gasteiger partial charge in [0, 0.05) is 9.86 Å². The van der Waals surface area contributed by atoms with Crippen molar-refractivity contribution in [3.63, 3.8) is 0 Å². The number of benzene rings is 3. The van der Waals surface area contributed by atoms with E-state index in [0.717, 1.165) is 16.6 Å². The molecule has 1 atom stereocenters. The second-order valence-corrected chi connectivity index (χ2v) is 9.37. The van der Waals surface area contributed by atoms with Gasteiger partial charge in [-0.25, -0.2) is 15.0 Å². The molecule has 0 aliphatic heterocycles. The van der Waals surface area contributed by atoms with Crippen LogP contribution < -0.4 is 10.9 Å². The second-order valence-electron chi connectivity index (χ2n) is 8.51. The zero-order chi connectivity index (χ0) is 24.5. The molecule has 0 aliphatic carbocycles. The molecule has 5 aromatic rings. The fourth-order valence-electron chi connectivity index (χ4n) is 4.16. The molecule has 0 saturated heterocycles. The van der Waals surface area contributed by atoms with Gasteiger partial charge in [0.25, 0.3) is 5.56 Å². The van der Waals surface area contributed by atoms with Crippen molar-refractivity contribution in [3.8, 4) is 11.8 Å². The van der Waals surface area contributed by atoms with Crippen LogP contribution in [0, 0.1) is 17.2 Å². The van der Waals surface area contributed by atoms with Crippen LogP contribution >= 0.6 is 15.9 Å². The molecule has 35 heavy (non-hydrogen) atoms. The minimum absolute atomic E-state index is 0.0469. The number of hydrogen-bond donors (Lipinski definition) is 1. The average molecular weight is 525 g/mol. The van der Waals surface area contributed by atoms with Crippen LogP contribution in [0.25, 0.3) is 27.5 Å². The van der Waals surface area contributed by atoms with Gasteiger partial charge in [0.2, 0.25) is 0 Å². The molecule has 0 spiro atoms. The maximum atomic E-state index is 13.8. The lowest BCUT2D eigenvalue weighted by molar-refractivity contribution is 0.509. The summed E-state index contributed by atoms with van der Waals surface area (Å²) in [5.41, 5.74) is 2.42. The summed E-state index contributed by atoms with van der Waals surface area (Å²) in [5, 5.41) is 14.2. The third kappa shape index (κ3) is 4.15. The maximum absolute atomic E-state index is 13.8. The number of hydrogen-bond acceptors (Lipinski definition) is 6. The Morgan fingerprint density at radius 2 is 1.80 bits per heavy atom. The van der Waals surface area contributed by atoms with E-state index in [1.165, 1.54) is 6.33 Å². The van der Waals surface area contributed by atoms with E-state index in [2.05, 4.69) is 51.1 Å². The highest BCUT2D eigenvalue weighted by atomic mass is 79.9. The van der Waals surface area contributed by atoms with Crippen molar-refractivity contribution in [1.29, 1.82) is 5.26 Å². The van der Waals surface area contributed by atoms with Gasteiger partial charge in [0.1, 0.15) is 18.0 Å². The van der Waals surface area contributed by atoms with Crippen LogP contribution in [0.2, 0.25) is 0 Å². The Hall–Kier alpha value is -4.09. The molecular formula is C27H21BrN6O. The summed E-state index contributed by atoms with van der Waals surface area (Å²) in [6.07, 6.45) is 1.49. The van der Waals surface area contributed by atoms with E-state index in [1.807, 2.05) is 48.5 Å². The Kier molecular flexibility index (Phi) is 6.01. The monoisotopic (exact) mass is 524 g/mol. The van der Waals surface area contributed by atoms with E-state index < -0.39 is 0 Å². The van der Waals surface area contributed by atoms with E-state index in [0.29, 0.717) is 32.6 Å². The van der Waals surface area contributed by atoms with E-state index in [4.69, 9.17) is 4.98 Å². The number of fused-ring (bicyclic) bond motifs is 2. The average Bonchev–Trinajstić information content (AvgIpc) is 2.87. The largest absolute Gasteiger partial charge is 0.359 e. The van der Waals surface area contributed by atoms with Crippen molar-refractivity contribution >= 4 is 43.6 Å². The van der Waals surface area contributed by atoms with Crippen LogP contribution in [-0.4, -0.2) is 19.5 Å². The van der Waals surface area contributed by atoms with Crippen LogP contribution in [0.3, 0.4) is 0 Å². The molecule has 0 radical (unpaired) electrons. The van der Waals surface area contributed by atoms with Crippen LogP contribution in [0.5, 0.6) is 0 Å². The Bertz CT molecular complexity index is 1660. The lowest BCUT2D eigenvalue weighted by Crippen LogP contribution is -2.30. The third-order valence-electron chi connectivity index (χ3n) is 5.89. The summed E-state index contributed by atoms with van der Waals surface area (Å²) >= 11 is 3.53. The minimum Gasteiger partial charge on any atom is -0.359 e. The molecule has 0 saturated carbocycles. The Balaban J connectivity index is 1.76. The number of aromatic nitrogens is 4. The smallest absolute Gasteiger partial charge is 0.267 e. The highest BCUT2D eigenvalue weighted by Crippen LogP contribution is 2.31. The molecule has 0 amide bonds. The van der Waals surface area contributed by atoms with Gasteiger partial charge in [0.15, 0.2) is 0 Å². The van der Waals surface area contributed by atoms with Crippen LogP contribution in [0.1, 0.15) is 31.3 Å². The van der Waals surface area contributed by atoms with Crippen LogP contribution in [0.4, 0.5) is 5.82 Å². The number of nitrogens with one attached hydrogen (secondary N) is 1. The molecule has 2 aromatic heterocycles. The summed E-state index contributed by atoms with van der Waals surface area (Å²) < 4.78 is 2.36. The Labute approximate surface area is 210 Å². The molecule has 0 unspecified atom stereocenters. The Morgan fingerprint density at radius 3 is 2.54 bits per heavy atom. The van der Waals surface area contributed by atoms with Crippen LogP contribution in [0.15, 0.2) is 82.3 Å². The number of halogens is 1. The fraction of sp³-hybridized carbons (Fsp3) is 0.148. The highest BCUT2D eigenvalue weighted by Gasteiger charge is 2.25. The topological polar surface area (TPSA) is 96.5 Å². The first-order chi connectivity index (χ1) is 17.0. The van der Waals surface area contributed by atoms with E-state index in [9.17, 15) is 10.1 Å². The molecule has 8 heteroatoms. The van der Waals surface area contributed by atoms with Crippen molar-refractivity contribution in [1.82, 2.24) is 19.5 Å². The van der Waals surface area contributed by atoms with Gasteiger partial charge in [-0.05, 0) is 64.3 Å². The van der Waals surface area contributed by atoms with Crippen molar-refractivity contribution < 1.29 is 0 Å². The third-order valence-corrected chi connectivity index (χ3v) is 6.55. The predicted octanol–water partition coefficient (Wildman–Crippen LogP) is 5.77. The maximum Gasteiger partial charge on any atom is 0.267 e. The summed E-state index contributed by atoms with van der Waals surface area (Å²) in [6, 6.07) is 22.2. The highest BCUT2D eigenvalue weighted by molar-refractivity contribution is 9.10. The zero-order valence-corrected chi connectivity index (χ0v) is 20.7. The van der Waals surface area contributed by atoms with Gasteiger partial charge in [-0.3, -0.25) is 9.36 Å². The lowest BCUT2D eigenvalue weighted by Gasteiger charge is -2.26. The number of nitriles is 1. The molecule has 0 aliphatic rings. The van der Waals surface area contributed by atoms with E-state index in [1.54, 1.807) is 22.8 Å². The van der Waals surface area contributed by atoms with E-state index in [-0.39, 0.29) is 17.5 Å². The summed E-state index contributed by atoms with van der Waals surface area (Å²) in [5.74, 6) is 1.20. The van der Waals surface area contributed by atoms with Crippen molar-refractivity contribution in [3.05, 3.63) is 99.3 Å². The fourth-order valence-corrected chi connectivity index (χ4v) is 4.69. The molecule has 5 rings (SSSR count). The number of rotatable bonds is 5. The van der Waals surface area contributed by atoms with Gasteiger partial charge < -0.3 is 5.32 Å². The van der Waals surface area contributed by atoms with Crippen molar-refractivity contribution in [2.45, 2.75) is 19.9 Å². The van der Waals surface area contributed by atoms with Crippen molar-refractivity contribution in [2.24, 2.45) is 5.92 Å². The number of para-hydroxylation sites is 1. The molecule has 0 fully saturated rings. The Morgan fingerprint density at radius 1 is 1.00 bits per heavy atom. The summed E-state index contributed by atoms with van der Waals surface area (Å²) in [6.45, 7) is 4.13. The molecular weight excluding hydrogens is 504 g/mol. The van der Waals surface area contributed by atoms with Gasteiger partial charge in [-0.15, -0.1) is 0 Å². The summed E-state index contributed by atoms with van der Waals surface area (Å²) in [4.78, 5) is 27.6. The number of nitrogens with zero attached hydrogens (tertiary/aromatic N) is 5. The molecule has 172 valence electrons. The predicted molar refractivity (Wildman–Crippen MR) is 140 cm³/mol. The lowest BCUT2D eigenvalue weighted by atomic mass is 10.0. The zero-order valence-electron chi connectivity index (χ0n) is 19.1. The summed E-state index contributed by atoms with van der Waals surface area (Å²) in [7, 11) is 0. The molecule has 3 aromatic carbocycles. The molecule has 1 N–H and O–H groups in total. The number of anilines is 1. The van der Waals surface area contributed by atoms with E-state index >= 15 is 0 Å². The van der Waals surface area contributed by atoms with Gasteiger partial charge in [0.05, 0.1) is 39.8 Å². The standard InChI is InChI=1S/C27H21BrN6O/c1-16(2)24(33-25-19-13-17(14-29)11-12-21(19)30-15-31-25)26-32-22-10-6-9-20(28)23(22)27(35)34(26)18-7-4-3-5-8-18/h3-13,15-16,24H,1-2H3,(H,30,31,33)/t24-/m0/s1. The first-order valence-corrected chi connectivity index (χ1v) is 11.9. The SMILES string of the molecule is CC(C)[C@H](Nc1ncnc2ccc(C#N)cc12)c1nc2cccc(Br)c2c(=O)n1-c1ccccc1. The van der Waals surface area contributed by atoms with Crippen LogP contribution in [-0.2, 0) is 0 Å². The first kappa shape index (κ1) is 22.7. The van der Waals surface area contributed by atoms with Gasteiger partial charge >= 0.3 is 0 Å². The van der Waals surface area contributed by atoms with Gasteiger partial charge in [-0.1, -0.05) is 38.1 Å². The quantitative estimate of drug-likeness (QED) is 0.313. The first-order valence-electron chi connectivity index (χ1n) is 11.2. The minimum atomic E-state index is -0.366. The molecule has 7 nitrogen and oxygen atoms in total. The normalized spacial score (nSPS) is 12.1. The second kappa shape index (κ2) is 9.28. The van der Waals surface area contributed by atoms with Crippen molar-refractivity contribution in [2.75, 3.05) is 5.32 Å². The molecule has 0 bridgehead atoms. The van der Waals surface area contributed by atoms with Gasteiger partial charge in [-0.2, -0.15) is 5.26 Å². The molecule has 2 heterocycles.